The first-order valence-electron chi connectivity index (χ1n) is 4.91. The van der Waals surface area contributed by atoms with E-state index in [9.17, 15) is 0 Å². The molecule has 1 nitrogen and oxygen atoms in total. The van der Waals surface area contributed by atoms with E-state index in [0.717, 1.165) is 13.1 Å². The Morgan fingerprint density at radius 3 is 2.62 bits per heavy atom. The van der Waals surface area contributed by atoms with Crippen molar-refractivity contribution in [1.29, 1.82) is 0 Å². The Labute approximate surface area is 82.2 Å². The van der Waals surface area contributed by atoms with Crippen molar-refractivity contribution in [2.45, 2.75) is 27.2 Å². The maximum Gasteiger partial charge on any atom is 0.0208 e. The lowest BCUT2D eigenvalue weighted by Gasteiger charge is -2.08. The van der Waals surface area contributed by atoms with Gasteiger partial charge in [-0.2, -0.15) is 0 Å². The van der Waals surface area contributed by atoms with Gasteiger partial charge in [0, 0.05) is 6.54 Å². The van der Waals surface area contributed by atoms with Gasteiger partial charge in [-0.25, -0.2) is 0 Å². The zero-order valence-electron chi connectivity index (χ0n) is 9.06. The van der Waals surface area contributed by atoms with Gasteiger partial charge in [0.2, 0.25) is 0 Å². The second-order valence-electron chi connectivity index (χ2n) is 3.08. The summed E-state index contributed by atoms with van der Waals surface area (Å²) in [7, 11) is 0. The molecule has 0 aliphatic rings. The summed E-state index contributed by atoms with van der Waals surface area (Å²) in [6.45, 7) is 12.1. The summed E-state index contributed by atoms with van der Waals surface area (Å²) in [5.74, 6) is 0. The van der Waals surface area contributed by atoms with Crippen LogP contribution in [0.25, 0.3) is 0 Å². The van der Waals surface area contributed by atoms with Crippen molar-refractivity contribution >= 4 is 0 Å². The SMILES string of the molecule is C=C/C=C(CNCCC)\C(C)=C/C. The molecule has 13 heavy (non-hydrogen) atoms. The van der Waals surface area contributed by atoms with Crippen LogP contribution in [0.2, 0.25) is 0 Å². The van der Waals surface area contributed by atoms with E-state index in [0.29, 0.717) is 0 Å². The minimum Gasteiger partial charge on any atom is -0.313 e. The maximum absolute atomic E-state index is 3.71. The summed E-state index contributed by atoms with van der Waals surface area (Å²) in [4.78, 5) is 0. The Morgan fingerprint density at radius 1 is 1.46 bits per heavy atom. The molecular formula is C12H21N. The van der Waals surface area contributed by atoms with Gasteiger partial charge in [0.25, 0.3) is 0 Å². The van der Waals surface area contributed by atoms with Crippen LogP contribution in [-0.4, -0.2) is 13.1 Å². The average Bonchev–Trinajstić information content (AvgIpc) is 2.16. The first-order chi connectivity index (χ1) is 6.26. The van der Waals surface area contributed by atoms with Gasteiger partial charge in [0.15, 0.2) is 0 Å². The Hall–Kier alpha value is -0.820. The second kappa shape index (κ2) is 7.81. The van der Waals surface area contributed by atoms with E-state index in [4.69, 9.17) is 0 Å². The average molecular weight is 179 g/mol. The van der Waals surface area contributed by atoms with E-state index in [2.05, 4.69) is 44.8 Å². The van der Waals surface area contributed by atoms with Gasteiger partial charge in [0.05, 0.1) is 0 Å². The molecule has 74 valence electrons. The van der Waals surface area contributed by atoms with Crippen molar-refractivity contribution in [3.63, 3.8) is 0 Å². The molecule has 0 heterocycles. The molecule has 0 aromatic heterocycles. The summed E-state index contributed by atoms with van der Waals surface area (Å²) in [5.41, 5.74) is 2.65. The molecule has 0 amide bonds. The quantitative estimate of drug-likeness (QED) is 0.488. The van der Waals surface area contributed by atoms with E-state index in [1.54, 1.807) is 0 Å². The van der Waals surface area contributed by atoms with Crippen LogP contribution in [0.4, 0.5) is 0 Å². The summed E-state index contributed by atoms with van der Waals surface area (Å²) in [6.07, 6.45) is 7.22. The van der Waals surface area contributed by atoms with E-state index in [1.807, 2.05) is 6.08 Å². The third-order valence-electron chi connectivity index (χ3n) is 2.00. The van der Waals surface area contributed by atoms with Crippen molar-refractivity contribution in [2.24, 2.45) is 0 Å². The lowest BCUT2D eigenvalue weighted by molar-refractivity contribution is 0.716. The van der Waals surface area contributed by atoms with Crippen LogP contribution < -0.4 is 5.32 Å². The first kappa shape index (κ1) is 12.2. The van der Waals surface area contributed by atoms with Crippen LogP contribution in [0.1, 0.15) is 27.2 Å². The zero-order chi connectivity index (χ0) is 10.1. The Balaban J connectivity index is 4.12. The fraction of sp³-hybridized carbons (Fsp3) is 0.500. The van der Waals surface area contributed by atoms with Crippen molar-refractivity contribution in [3.05, 3.63) is 36.0 Å². The van der Waals surface area contributed by atoms with Crippen molar-refractivity contribution in [3.8, 4) is 0 Å². The van der Waals surface area contributed by atoms with Crippen molar-refractivity contribution in [1.82, 2.24) is 5.32 Å². The second-order valence-corrected chi connectivity index (χ2v) is 3.08. The van der Waals surface area contributed by atoms with Gasteiger partial charge in [-0.3, -0.25) is 0 Å². The van der Waals surface area contributed by atoms with E-state index in [-0.39, 0.29) is 0 Å². The molecule has 0 spiro atoms. The molecule has 0 rings (SSSR count). The molecule has 1 heteroatoms. The van der Waals surface area contributed by atoms with Gasteiger partial charge >= 0.3 is 0 Å². The summed E-state index contributed by atoms with van der Waals surface area (Å²) in [6, 6.07) is 0. The fourth-order valence-electron chi connectivity index (χ4n) is 1.06. The Morgan fingerprint density at radius 2 is 2.15 bits per heavy atom. The first-order valence-corrected chi connectivity index (χ1v) is 4.91. The van der Waals surface area contributed by atoms with E-state index in [1.165, 1.54) is 17.6 Å². The minimum atomic E-state index is 0.941. The third kappa shape index (κ3) is 5.42. The highest BCUT2D eigenvalue weighted by Crippen LogP contribution is 2.07. The van der Waals surface area contributed by atoms with Crippen LogP contribution in [-0.2, 0) is 0 Å². The highest BCUT2D eigenvalue weighted by molar-refractivity contribution is 5.32. The van der Waals surface area contributed by atoms with Crippen LogP contribution >= 0.6 is 0 Å². The highest BCUT2D eigenvalue weighted by atomic mass is 14.8. The predicted molar refractivity (Wildman–Crippen MR) is 60.9 cm³/mol. The summed E-state index contributed by atoms with van der Waals surface area (Å²) in [5, 5.41) is 3.38. The molecule has 0 fully saturated rings. The van der Waals surface area contributed by atoms with Gasteiger partial charge in [-0.05, 0) is 32.4 Å². The molecule has 0 atom stereocenters. The predicted octanol–water partition coefficient (Wildman–Crippen LogP) is 3.06. The number of allylic oxidation sites excluding steroid dienone is 3. The highest BCUT2D eigenvalue weighted by Gasteiger charge is 1.96. The van der Waals surface area contributed by atoms with Crippen LogP contribution in [0.15, 0.2) is 36.0 Å². The lowest BCUT2D eigenvalue weighted by atomic mass is 10.1. The van der Waals surface area contributed by atoms with Crippen molar-refractivity contribution in [2.75, 3.05) is 13.1 Å². The number of rotatable bonds is 6. The van der Waals surface area contributed by atoms with Gasteiger partial charge in [-0.15, -0.1) is 0 Å². The smallest absolute Gasteiger partial charge is 0.0208 e. The summed E-state index contributed by atoms with van der Waals surface area (Å²) >= 11 is 0. The van der Waals surface area contributed by atoms with Crippen LogP contribution in [0.3, 0.4) is 0 Å². The molecule has 0 radical (unpaired) electrons. The maximum atomic E-state index is 3.71. The van der Waals surface area contributed by atoms with Crippen LogP contribution in [0, 0.1) is 0 Å². The Bertz CT molecular complexity index is 199. The summed E-state index contributed by atoms with van der Waals surface area (Å²) < 4.78 is 0. The zero-order valence-corrected chi connectivity index (χ0v) is 9.06. The monoisotopic (exact) mass is 179 g/mol. The number of hydrogen-bond donors (Lipinski definition) is 1. The van der Waals surface area contributed by atoms with Gasteiger partial charge in [0.1, 0.15) is 0 Å². The normalized spacial score (nSPS) is 13.2. The molecule has 0 aromatic carbocycles. The third-order valence-corrected chi connectivity index (χ3v) is 2.00. The standard InChI is InChI=1S/C12H21N/c1-5-8-12(11(4)7-3)10-13-9-6-2/h5,7-8,13H,1,6,9-10H2,2-4H3/b11-7-,12-8-. The van der Waals surface area contributed by atoms with Gasteiger partial charge < -0.3 is 5.32 Å². The topological polar surface area (TPSA) is 12.0 Å². The Kier molecular flexibility index (Phi) is 7.32. The molecule has 0 saturated carbocycles. The number of hydrogen-bond acceptors (Lipinski definition) is 1. The van der Waals surface area contributed by atoms with Crippen LogP contribution in [0.5, 0.6) is 0 Å². The van der Waals surface area contributed by atoms with E-state index >= 15 is 0 Å². The van der Waals surface area contributed by atoms with E-state index < -0.39 is 0 Å². The lowest BCUT2D eigenvalue weighted by Crippen LogP contribution is -2.18. The van der Waals surface area contributed by atoms with Gasteiger partial charge in [-0.1, -0.05) is 37.3 Å². The molecular weight excluding hydrogens is 158 g/mol. The molecule has 0 unspecified atom stereocenters. The number of nitrogens with one attached hydrogen (secondary N) is 1. The fourth-order valence-corrected chi connectivity index (χ4v) is 1.06. The molecule has 1 N–H and O–H groups in total. The largest absolute Gasteiger partial charge is 0.313 e. The minimum absolute atomic E-state index is 0.941. The molecule has 0 saturated heterocycles. The molecule has 0 bridgehead atoms. The molecule has 0 aliphatic carbocycles. The molecule has 0 aromatic rings. The molecule has 0 aliphatic heterocycles. The van der Waals surface area contributed by atoms with Crippen molar-refractivity contribution < 1.29 is 0 Å².